The van der Waals surface area contributed by atoms with Gasteiger partial charge in [-0.25, -0.2) is 4.39 Å². The number of anilines is 1. The molecule has 0 atom stereocenters. The fraction of sp³-hybridized carbons (Fsp3) is 0.0833. The molecule has 0 fully saturated rings. The molecule has 17 heavy (non-hydrogen) atoms. The summed E-state index contributed by atoms with van der Waals surface area (Å²) in [6, 6.07) is 4.17. The summed E-state index contributed by atoms with van der Waals surface area (Å²) in [7, 11) is 0. The Bertz CT molecular complexity index is 567. The normalized spacial score (nSPS) is 10.3. The van der Waals surface area contributed by atoms with E-state index in [1.54, 1.807) is 11.4 Å². The number of hydrogen-bond acceptors (Lipinski definition) is 2. The third-order valence-electron chi connectivity index (χ3n) is 2.28. The van der Waals surface area contributed by atoms with Crippen molar-refractivity contribution in [2.45, 2.75) is 6.92 Å². The molecular weight excluding hydrogens is 305 g/mol. The first-order chi connectivity index (χ1) is 8.08. The van der Waals surface area contributed by atoms with Crippen LogP contribution in [0.1, 0.15) is 15.9 Å². The highest BCUT2D eigenvalue weighted by Gasteiger charge is 2.11. The van der Waals surface area contributed by atoms with E-state index in [1.165, 1.54) is 23.5 Å². The SMILES string of the molecule is Cc1cscc1C(=O)Nc1cc(F)ccc1Br. The van der Waals surface area contributed by atoms with Crippen LogP contribution in [-0.2, 0) is 0 Å². The predicted molar refractivity (Wildman–Crippen MR) is 71.1 cm³/mol. The van der Waals surface area contributed by atoms with Crippen molar-refractivity contribution >= 4 is 38.9 Å². The molecule has 0 radical (unpaired) electrons. The van der Waals surface area contributed by atoms with Gasteiger partial charge in [0.05, 0.1) is 11.3 Å². The quantitative estimate of drug-likeness (QED) is 0.884. The van der Waals surface area contributed by atoms with Gasteiger partial charge >= 0.3 is 0 Å². The number of carbonyl (C=O) groups is 1. The van der Waals surface area contributed by atoms with E-state index < -0.39 is 0 Å². The van der Waals surface area contributed by atoms with Crippen molar-refractivity contribution in [3.63, 3.8) is 0 Å². The Morgan fingerprint density at radius 2 is 2.18 bits per heavy atom. The third kappa shape index (κ3) is 2.73. The van der Waals surface area contributed by atoms with Crippen molar-refractivity contribution in [1.82, 2.24) is 0 Å². The maximum Gasteiger partial charge on any atom is 0.256 e. The molecule has 0 unspecified atom stereocenters. The van der Waals surface area contributed by atoms with Gasteiger partial charge in [0.2, 0.25) is 0 Å². The molecule has 1 aromatic carbocycles. The van der Waals surface area contributed by atoms with Crippen LogP contribution in [0.15, 0.2) is 33.4 Å². The Balaban J connectivity index is 2.24. The minimum Gasteiger partial charge on any atom is -0.321 e. The van der Waals surface area contributed by atoms with Crippen molar-refractivity contribution in [3.05, 3.63) is 50.4 Å². The van der Waals surface area contributed by atoms with Crippen LogP contribution in [0, 0.1) is 12.7 Å². The third-order valence-corrected chi connectivity index (χ3v) is 3.83. The van der Waals surface area contributed by atoms with Gasteiger partial charge in [-0.15, -0.1) is 0 Å². The monoisotopic (exact) mass is 313 g/mol. The zero-order valence-electron chi connectivity index (χ0n) is 8.96. The molecule has 2 aromatic rings. The number of carbonyl (C=O) groups excluding carboxylic acids is 1. The zero-order chi connectivity index (χ0) is 12.4. The molecule has 0 aliphatic rings. The molecule has 1 N–H and O–H groups in total. The van der Waals surface area contributed by atoms with Crippen LogP contribution in [0.4, 0.5) is 10.1 Å². The van der Waals surface area contributed by atoms with Crippen molar-refractivity contribution in [2.75, 3.05) is 5.32 Å². The number of rotatable bonds is 2. The molecule has 1 heterocycles. The van der Waals surface area contributed by atoms with Gasteiger partial charge in [-0.3, -0.25) is 4.79 Å². The standard InChI is InChI=1S/C12H9BrFNOS/c1-7-5-17-6-9(7)12(16)15-11-4-8(14)2-3-10(11)13/h2-6H,1H3,(H,15,16). The average molecular weight is 314 g/mol. The maximum atomic E-state index is 13.0. The maximum absolute atomic E-state index is 13.0. The summed E-state index contributed by atoms with van der Waals surface area (Å²) in [4.78, 5) is 11.9. The zero-order valence-corrected chi connectivity index (χ0v) is 11.4. The van der Waals surface area contributed by atoms with E-state index in [2.05, 4.69) is 21.2 Å². The smallest absolute Gasteiger partial charge is 0.256 e. The molecular formula is C12H9BrFNOS. The summed E-state index contributed by atoms with van der Waals surface area (Å²) in [6.07, 6.45) is 0. The molecule has 1 amide bonds. The molecule has 0 spiro atoms. The van der Waals surface area contributed by atoms with Crippen molar-refractivity contribution in [1.29, 1.82) is 0 Å². The summed E-state index contributed by atoms with van der Waals surface area (Å²) in [5.41, 5.74) is 1.96. The molecule has 0 aliphatic heterocycles. The molecule has 0 bridgehead atoms. The number of thiophene rings is 1. The van der Waals surface area contributed by atoms with Gasteiger partial charge in [-0.05, 0) is 52.0 Å². The Hall–Kier alpha value is -1.20. The van der Waals surface area contributed by atoms with Gasteiger partial charge in [-0.2, -0.15) is 11.3 Å². The van der Waals surface area contributed by atoms with Crippen LogP contribution < -0.4 is 5.32 Å². The number of amides is 1. The van der Waals surface area contributed by atoms with Gasteiger partial charge in [0.25, 0.3) is 5.91 Å². The second-order valence-electron chi connectivity index (χ2n) is 3.55. The number of halogens is 2. The summed E-state index contributed by atoms with van der Waals surface area (Å²) in [5, 5.41) is 6.35. The van der Waals surface area contributed by atoms with Crippen molar-refractivity contribution in [3.8, 4) is 0 Å². The van der Waals surface area contributed by atoms with Gasteiger partial charge in [0, 0.05) is 9.85 Å². The Labute approximate surface area is 111 Å². The number of benzene rings is 1. The number of hydrogen-bond donors (Lipinski definition) is 1. The van der Waals surface area contributed by atoms with Gasteiger partial charge in [-0.1, -0.05) is 0 Å². The van der Waals surface area contributed by atoms with Crippen LogP contribution in [-0.4, -0.2) is 5.91 Å². The molecule has 88 valence electrons. The van der Waals surface area contributed by atoms with Crippen LogP contribution in [0.3, 0.4) is 0 Å². The minimum absolute atomic E-state index is 0.227. The second kappa shape index (κ2) is 4.98. The lowest BCUT2D eigenvalue weighted by atomic mass is 10.2. The van der Waals surface area contributed by atoms with E-state index in [9.17, 15) is 9.18 Å². The van der Waals surface area contributed by atoms with Crippen molar-refractivity contribution in [2.24, 2.45) is 0 Å². The molecule has 0 saturated heterocycles. The van der Waals surface area contributed by atoms with E-state index in [1.807, 2.05) is 12.3 Å². The highest BCUT2D eigenvalue weighted by Crippen LogP contribution is 2.24. The number of nitrogens with one attached hydrogen (secondary N) is 1. The van der Waals surface area contributed by atoms with E-state index in [0.29, 0.717) is 15.7 Å². The highest BCUT2D eigenvalue weighted by atomic mass is 79.9. The fourth-order valence-electron chi connectivity index (χ4n) is 1.38. The summed E-state index contributed by atoms with van der Waals surface area (Å²) >= 11 is 4.73. The van der Waals surface area contributed by atoms with Crippen molar-refractivity contribution < 1.29 is 9.18 Å². The Morgan fingerprint density at radius 1 is 1.41 bits per heavy atom. The second-order valence-corrected chi connectivity index (χ2v) is 5.14. The van der Waals surface area contributed by atoms with E-state index in [4.69, 9.17) is 0 Å². The van der Waals surface area contributed by atoms with Gasteiger partial charge < -0.3 is 5.32 Å². The van der Waals surface area contributed by atoms with E-state index in [-0.39, 0.29) is 11.7 Å². The summed E-state index contributed by atoms with van der Waals surface area (Å²) in [6.45, 7) is 1.87. The lowest BCUT2D eigenvalue weighted by Gasteiger charge is -2.07. The fourth-order valence-corrected chi connectivity index (χ4v) is 2.55. The van der Waals surface area contributed by atoms with Crippen LogP contribution >= 0.6 is 27.3 Å². The molecule has 1 aromatic heterocycles. The first-order valence-corrected chi connectivity index (χ1v) is 6.60. The highest BCUT2D eigenvalue weighted by molar-refractivity contribution is 9.10. The number of aryl methyl sites for hydroxylation is 1. The van der Waals surface area contributed by atoms with E-state index in [0.717, 1.165) is 5.56 Å². The van der Waals surface area contributed by atoms with Crippen LogP contribution in [0.2, 0.25) is 0 Å². The average Bonchev–Trinajstić information content (AvgIpc) is 2.70. The topological polar surface area (TPSA) is 29.1 Å². The first-order valence-electron chi connectivity index (χ1n) is 4.87. The molecule has 0 saturated carbocycles. The van der Waals surface area contributed by atoms with Gasteiger partial charge in [0.1, 0.15) is 5.82 Å². The Morgan fingerprint density at radius 3 is 2.82 bits per heavy atom. The lowest BCUT2D eigenvalue weighted by Crippen LogP contribution is -2.12. The molecule has 0 aliphatic carbocycles. The summed E-state index contributed by atoms with van der Waals surface area (Å²) in [5.74, 6) is -0.611. The molecule has 2 nitrogen and oxygen atoms in total. The predicted octanol–water partition coefficient (Wildman–Crippen LogP) is 4.21. The Kier molecular flexibility index (Phi) is 3.59. The first kappa shape index (κ1) is 12.3. The summed E-state index contributed by atoms with van der Waals surface area (Å²) < 4.78 is 13.7. The minimum atomic E-state index is -0.384. The lowest BCUT2D eigenvalue weighted by molar-refractivity contribution is 0.102. The van der Waals surface area contributed by atoms with Crippen LogP contribution in [0.5, 0.6) is 0 Å². The largest absolute Gasteiger partial charge is 0.321 e. The van der Waals surface area contributed by atoms with Crippen LogP contribution in [0.25, 0.3) is 0 Å². The van der Waals surface area contributed by atoms with Gasteiger partial charge in [0.15, 0.2) is 0 Å². The molecule has 5 heteroatoms. The van der Waals surface area contributed by atoms with E-state index >= 15 is 0 Å². The molecule has 2 rings (SSSR count).